The summed E-state index contributed by atoms with van der Waals surface area (Å²) in [5.41, 5.74) is 0.421. The summed E-state index contributed by atoms with van der Waals surface area (Å²) in [5.74, 6) is 1.83. The second-order valence-corrected chi connectivity index (χ2v) is 6.87. The quantitative estimate of drug-likeness (QED) is 0.282. The molecule has 1 N–H and O–H groups in total. The van der Waals surface area contributed by atoms with Crippen molar-refractivity contribution in [3.05, 3.63) is 18.5 Å². The Morgan fingerprint density at radius 3 is 2.50 bits per heavy atom. The fraction of sp³-hybridized carbons (Fsp3) is 0.722. The zero-order valence-corrected chi connectivity index (χ0v) is 18.2. The molecule has 2 heterocycles. The van der Waals surface area contributed by atoms with Crippen LogP contribution in [0.3, 0.4) is 0 Å². The number of halogens is 1. The number of piperazine rings is 1. The molecule has 3 rings (SSSR count). The van der Waals surface area contributed by atoms with E-state index in [9.17, 15) is 0 Å². The van der Waals surface area contributed by atoms with E-state index in [1.807, 2.05) is 13.1 Å². The first-order valence-corrected chi connectivity index (χ1v) is 9.32. The number of hydrogen-bond donors (Lipinski definition) is 1. The molecule has 0 aromatic carbocycles. The summed E-state index contributed by atoms with van der Waals surface area (Å²) in [4.78, 5) is 17.7. The predicted octanol–water partition coefficient (Wildman–Crippen LogP) is 2.00. The largest absolute Gasteiger partial charge is 0.382 e. The van der Waals surface area contributed by atoms with Crippen LogP contribution in [0.1, 0.15) is 26.2 Å². The van der Waals surface area contributed by atoms with E-state index in [-0.39, 0.29) is 24.0 Å². The van der Waals surface area contributed by atoms with Gasteiger partial charge >= 0.3 is 0 Å². The highest BCUT2D eigenvalue weighted by Crippen LogP contribution is 2.48. The molecular formula is C18H31IN6O. The molecule has 1 aromatic heterocycles. The second-order valence-electron chi connectivity index (χ2n) is 6.87. The molecule has 1 saturated heterocycles. The molecule has 2 fully saturated rings. The van der Waals surface area contributed by atoms with Crippen LogP contribution in [-0.2, 0) is 4.74 Å². The summed E-state index contributed by atoms with van der Waals surface area (Å²) >= 11 is 0. The Labute approximate surface area is 173 Å². The number of anilines is 1. The van der Waals surface area contributed by atoms with Crippen LogP contribution in [-0.4, -0.2) is 73.8 Å². The smallest absolute Gasteiger partial charge is 0.225 e. The van der Waals surface area contributed by atoms with Gasteiger partial charge in [-0.2, -0.15) is 0 Å². The van der Waals surface area contributed by atoms with E-state index >= 15 is 0 Å². The molecule has 0 radical (unpaired) electrons. The number of ether oxygens (including phenoxy) is 1. The van der Waals surface area contributed by atoms with Crippen LogP contribution in [0.2, 0.25) is 0 Å². The molecule has 1 aromatic rings. The van der Waals surface area contributed by atoms with Crippen LogP contribution < -0.4 is 10.2 Å². The number of hydrogen-bond acceptors (Lipinski definition) is 5. The first-order valence-electron chi connectivity index (χ1n) is 9.32. The standard InChI is InChI=1S/C18H30N6O.HI/c1-3-25-14-7-18(5-6-18)15-22-16(19-2)23-10-12-24(13-11-23)17-20-8-4-9-21-17;/h4,8-9H,3,5-7,10-15H2,1-2H3,(H,19,22);1H. The Kier molecular flexibility index (Phi) is 8.33. The fourth-order valence-corrected chi connectivity index (χ4v) is 3.30. The molecule has 1 aliphatic heterocycles. The molecule has 8 heteroatoms. The number of guanidine groups is 1. The second kappa shape index (κ2) is 10.2. The van der Waals surface area contributed by atoms with Gasteiger partial charge in [-0.3, -0.25) is 4.99 Å². The van der Waals surface area contributed by atoms with E-state index in [1.54, 1.807) is 12.4 Å². The van der Waals surface area contributed by atoms with Crippen LogP contribution in [0.15, 0.2) is 23.5 Å². The Morgan fingerprint density at radius 2 is 1.92 bits per heavy atom. The van der Waals surface area contributed by atoms with Crippen molar-refractivity contribution in [1.82, 2.24) is 20.2 Å². The summed E-state index contributed by atoms with van der Waals surface area (Å²) in [7, 11) is 1.87. The zero-order valence-electron chi connectivity index (χ0n) is 15.9. The molecule has 0 bridgehead atoms. The van der Waals surface area contributed by atoms with Crippen molar-refractivity contribution < 1.29 is 4.74 Å². The van der Waals surface area contributed by atoms with Gasteiger partial charge < -0.3 is 19.9 Å². The van der Waals surface area contributed by atoms with Crippen molar-refractivity contribution >= 4 is 35.9 Å². The summed E-state index contributed by atoms with van der Waals surface area (Å²) < 4.78 is 5.53. The van der Waals surface area contributed by atoms with Gasteiger partial charge in [0.2, 0.25) is 5.95 Å². The number of aliphatic imine (C=N–C) groups is 1. The Morgan fingerprint density at radius 1 is 1.23 bits per heavy atom. The van der Waals surface area contributed by atoms with Crippen molar-refractivity contribution in [3.8, 4) is 0 Å². The van der Waals surface area contributed by atoms with E-state index in [0.29, 0.717) is 5.41 Å². The van der Waals surface area contributed by atoms with E-state index in [2.05, 4.69) is 37.0 Å². The molecule has 0 spiro atoms. The summed E-state index contributed by atoms with van der Waals surface area (Å²) in [6.07, 6.45) is 7.33. The SMILES string of the molecule is CCOCCC1(CNC(=NC)N2CCN(c3ncccn3)CC2)CC1.I. The lowest BCUT2D eigenvalue weighted by atomic mass is 10.0. The average Bonchev–Trinajstić information content (AvgIpc) is 3.44. The normalized spacial score (nSPS) is 19.1. The minimum absolute atomic E-state index is 0. The summed E-state index contributed by atoms with van der Waals surface area (Å²) in [6.45, 7) is 8.43. The molecule has 0 amide bonds. The monoisotopic (exact) mass is 474 g/mol. The van der Waals surface area contributed by atoms with Gasteiger partial charge in [-0.05, 0) is 37.7 Å². The van der Waals surface area contributed by atoms with Gasteiger partial charge in [0.25, 0.3) is 0 Å². The van der Waals surface area contributed by atoms with Crippen molar-refractivity contribution in [2.24, 2.45) is 10.4 Å². The first kappa shape index (κ1) is 21.1. The lowest BCUT2D eigenvalue weighted by Gasteiger charge is -2.36. The molecule has 7 nitrogen and oxygen atoms in total. The maximum Gasteiger partial charge on any atom is 0.225 e. The average molecular weight is 474 g/mol. The fourth-order valence-electron chi connectivity index (χ4n) is 3.30. The third kappa shape index (κ3) is 5.67. The molecular weight excluding hydrogens is 443 g/mol. The van der Waals surface area contributed by atoms with Crippen LogP contribution >= 0.6 is 24.0 Å². The third-order valence-electron chi connectivity index (χ3n) is 5.19. The van der Waals surface area contributed by atoms with Crippen LogP contribution in [0, 0.1) is 5.41 Å². The Bertz CT molecular complexity index is 558. The molecule has 26 heavy (non-hydrogen) atoms. The highest BCUT2D eigenvalue weighted by atomic mass is 127. The van der Waals surface area contributed by atoms with Gasteiger partial charge in [0.05, 0.1) is 0 Å². The van der Waals surface area contributed by atoms with Crippen molar-refractivity contribution in [2.75, 3.05) is 57.9 Å². The predicted molar refractivity (Wildman–Crippen MR) is 115 cm³/mol. The van der Waals surface area contributed by atoms with Gasteiger partial charge in [0.1, 0.15) is 0 Å². The van der Waals surface area contributed by atoms with E-state index in [0.717, 1.165) is 64.3 Å². The van der Waals surface area contributed by atoms with Gasteiger partial charge in [0.15, 0.2) is 5.96 Å². The topological polar surface area (TPSA) is 65.9 Å². The maximum absolute atomic E-state index is 5.53. The van der Waals surface area contributed by atoms with Gasteiger partial charge in [-0.1, -0.05) is 0 Å². The minimum Gasteiger partial charge on any atom is -0.382 e. The summed E-state index contributed by atoms with van der Waals surface area (Å²) in [6, 6.07) is 1.85. The van der Waals surface area contributed by atoms with E-state index < -0.39 is 0 Å². The van der Waals surface area contributed by atoms with Gasteiger partial charge in [-0.15, -0.1) is 24.0 Å². The van der Waals surface area contributed by atoms with Gasteiger partial charge in [-0.25, -0.2) is 9.97 Å². The van der Waals surface area contributed by atoms with E-state index in [4.69, 9.17) is 4.74 Å². The van der Waals surface area contributed by atoms with Crippen molar-refractivity contribution in [3.63, 3.8) is 0 Å². The molecule has 146 valence electrons. The lowest BCUT2D eigenvalue weighted by molar-refractivity contribution is 0.128. The van der Waals surface area contributed by atoms with Crippen molar-refractivity contribution in [1.29, 1.82) is 0 Å². The van der Waals surface area contributed by atoms with Crippen LogP contribution in [0.5, 0.6) is 0 Å². The molecule has 2 aliphatic rings. The number of nitrogens with one attached hydrogen (secondary N) is 1. The summed E-state index contributed by atoms with van der Waals surface area (Å²) in [5, 5.41) is 3.59. The minimum atomic E-state index is 0. The molecule has 1 aliphatic carbocycles. The third-order valence-corrected chi connectivity index (χ3v) is 5.19. The van der Waals surface area contributed by atoms with E-state index in [1.165, 1.54) is 12.8 Å². The van der Waals surface area contributed by atoms with Gasteiger partial charge in [0, 0.05) is 65.4 Å². The van der Waals surface area contributed by atoms with Crippen LogP contribution in [0.25, 0.3) is 0 Å². The Hall–Kier alpha value is -1.16. The van der Waals surface area contributed by atoms with Crippen LogP contribution in [0.4, 0.5) is 5.95 Å². The lowest BCUT2D eigenvalue weighted by Crippen LogP contribution is -2.53. The number of nitrogens with zero attached hydrogens (tertiary/aromatic N) is 5. The Balaban J connectivity index is 0.00000243. The first-order chi connectivity index (χ1) is 12.3. The maximum atomic E-state index is 5.53. The zero-order chi connectivity index (χ0) is 17.5. The number of rotatable bonds is 7. The molecule has 0 unspecified atom stereocenters. The van der Waals surface area contributed by atoms with Crippen molar-refractivity contribution in [2.45, 2.75) is 26.2 Å². The number of aromatic nitrogens is 2. The molecule has 0 atom stereocenters. The molecule has 1 saturated carbocycles. The highest BCUT2D eigenvalue weighted by molar-refractivity contribution is 14.0. The highest BCUT2D eigenvalue weighted by Gasteiger charge is 2.42.